The van der Waals surface area contributed by atoms with Crippen molar-refractivity contribution >= 4 is 49.2 Å². The fraction of sp³-hybridized carbons (Fsp3) is 0.174. The van der Waals surface area contributed by atoms with E-state index in [0.29, 0.717) is 6.54 Å². The van der Waals surface area contributed by atoms with Crippen LogP contribution in [0.2, 0.25) is 0 Å². The normalized spacial score (nSPS) is 11.8. The molecule has 4 rings (SSSR count). The minimum absolute atomic E-state index is 0.0237. The van der Waals surface area contributed by atoms with E-state index in [1.807, 2.05) is 57.8 Å². The van der Waals surface area contributed by atoms with E-state index in [-0.39, 0.29) is 36.5 Å². The lowest BCUT2D eigenvalue weighted by molar-refractivity contribution is 0.0945. The number of carbonyl (C=O) groups excluding carboxylic acids is 1. The Morgan fingerprint density at radius 1 is 1.12 bits per heavy atom. The molecule has 4 aromatic rings. The van der Waals surface area contributed by atoms with Crippen LogP contribution < -0.4 is 5.32 Å². The van der Waals surface area contributed by atoms with Crippen LogP contribution in [0.5, 0.6) is 0 Å². The lowest BCUT2D eigenvalue weighted by Gasteiger charge is -2.10. The highest BCUT2D eigenvalue weighted by Crippen LogP contribution is 2.35. The number of sulfone groups is 1. The summed E-state index contributed by atoms with van der Waals surface area (Å²) in [4.78, 5) is 15.6. The Balaban J connectivity index is 1.84. The molecular weight excluding hydrogens is 544 g/mol. The van der Waals surface area contributed by atoms with E-state index in [9.17, 15) is 13.2 Å². The maximum absolute atomic E-state index is 15.2. The molecule has 0 fully saturated rings. The molecule has 0 saturated heterocycles. The number of aromatic amines is 1. The number of carbonyl (C=O) groups is 1. The van der Waals surface area contributed by atoms with Gasteiger partial charge < -0.3 is 14.9 Å². The first kappa shape index (κ1) is 22.5. The SMILES string of the molecule is Cc1cc(C)cc(S(=O)(=O)c2c(C(=O)NCCn3cccc3)[nH]c3ccc(I)c(F)c23)c1. The van der Waals surface area contributed by atoms with Crippen molar-refractivity contribution in [3.8, 4) is 0 Å². The summed E-state index contributed by atoms with van der Waals surface area (Å²) in [6.45, 7) is 4.38. The zero-order chi connectivity index (χ0) is 23.0. The summed E-state index contributed by atoms with van der Waals surface area (Å²) >= 11 is 1.81. The quantitative estimate of drug-likeness (QED) is 0.336. The number of nitrogens with one attached hydrogen (secondary N) is 2. The maximum Gasteiger partial charge on any atom is 0.269 e. The van der Waals surface area contributed by atoms with Gasteiger partial charge in [0.1, 0.15) is 16.4 Å². The molecule has 166 valence electrons. The molecule has 2 aromatic carbocycles. The summed E-state index contributed by atoms with van der Waals surface area (Å²) in [5, 5.41) is 2.63. The number of aromatic nitrogens is 2. The lowest BCUT2D eigenvalue weighted by Crippen LogP contribution is -2.28. The minimum Gasteiger partial charge on any atom is -0.353 e. The smallest absolute Gasteiger partial charge is 0.269 e. The second kappa shape index (κ2) is 8.70. The van der Waals surface area contributed by atoms with Gasteiger partial charge in [0.15, 0.2) is 0 Å². The molecule has 0 aliphatic heterocycles. The summed E-state index contributed by atoms with van der Waals surface area (Å²) in [5.74, 6) is -1.28. The van der Waals surface area contributed by atoms with E-state index < -0.39 is 21.6 Å². The van der Waals surface area contributed by atoms with E-state index in [1.54, 1.807) is 19.9 Å². The molecule has 0 spiro atoms. The van der Waals surface area contributed by atoms with Gasteiger partial charge in [0, 0.05) is 29.1 Å². The van der Waals surface area contributed by atoms with Gasteiger partial charge in [-0.1, -0.05) is 6.07 Å². The molecule has 0 saturated carbocycles. The minimum atomic E-state index is -4.19. The van der Waals surface area contributed by atoms with Crippen LogP contribution in [0, 0.1) is 23.2 Å². The predicted octanol–water partition coefficient (Wildman–Crippen LogP) is 4.59. The lowest BCUT2D eigenvalue weighted by atomic mass is 10.2. The van der Waals surface area contributed by atoms with Crippen molar-refractivity contribution in [3.05, 3.63) is 81.1 Å². The number of hydrogen-bond donors (Lipinski definition) is 2. The van der Waals surface area contributed by atoms with Gasteiger partial charge in [0.25, 0.3) is 5.91 Å². The number of aryl methyl sites for hydroxylation is 2. The summed E-state index contributed by atoms with van der Waals surface area (Å²) in [5.41, 5.74) is 1.60. The topological polar surface area (TPSA) is 84.0 Å². The molecule has 0 unspecified atom stereocenters. The molecule has 0 atom stereocenters. The Kier molecular flexibility index (Phi) is 6.13. The molecule has 2 N–H and O–H groups in total. The van der Waals surface area contributed by atoms with Crippen LogP contribution in [0.3, 0.4) is 0 Å². The number of H-pyrrole nitrogens is 1. The number of benzene rings is 2. The average Bonchev–Trinajstić information content (AvgIpc) is 3.38. The van der Waals surface area contributed by atoms with E-state index in [4.69, 9.17) is 0 Å². The van der Waals surface area contributed by atoms with Crippen molar-refractivity contribution in [1.82, 2.24) is 14.9 Å². The Hall–Kier alpha value is -2.66. The number of rotatable bonds is 6. The van der Waals surface area contributed by atoms with Gasteiger partial charge in [-0.05, 0) is 84.0 Å². The average molecular weight is 565 g/mol. The number of halogens is 2. The molecule has 2 aromatic heterocycles. The van der Waals surface area contributed by atoms with Crippen LogP contribution >= 0.6 is 22.6 Å². The Bertz CT molecular complexity index is 1410. The number of amides is 1. The second-order valence-corrected chi connectivity index (χ2v) is 10.7. The molecule has 0 aliphatic rings. The standard InChI is InChI=1S/C23H21FIN3O3S/c1-14-11-15(2)13-16(12-14)32(30,31)22-19-18(6-5-17(25)20(19)24)27-21(22)23(29)26-7-10-28-8-3-4-9-28/h3-6,8-9,11-13,27H,7,10H2,1-2H3,(H,26,29). The molecule has 9 heteroatoms. The fourth-order valence-electron chi connectivity index (χ4n) is 3.73. The van der Waals surface area contributed by atoms with E-state index >= 15 is 4.39 Å². The van der Waals surface area contributed by atoms with Gasteiger partial charge >= 0.3 is 0 Å². The van der Waals surface area contributed by atoms with Gasteiger partial charge in [0.05, 0.1) is 15.8 Å². The Labute approximate surface area is 198 Å². The van der Waals surface area contributed by atoms with E-state index in [0.717, 1.165) is 11.1 Å². The molecule has 32 heavy (non-hydrogen) atoms. The van der Waals surface area contributed by atoms with Gasteiger partial charge in [-0.2, -0.15) is 0 Å². The first-order valence-corrected chi connectivity index (χ1v) is 12.5. The number of hydrogen-bond acceptors (Lipinski definition) is 3. The van der Waals surface area contributed by atoms with E-state index in [1.165, 1.54) is 18.2 Å². The predicted molar refractivity (Wildman–Crippen MR) is 129 cm³/mol. The van der Waals surface area contributed by atoms with Crippen molar-refractivity contribution in [2.75, 3.05) is 6.54 Å². The van der Waals surface area contributed by atoms with Gasteiger partial charge in [0.2, 0.25) is 9.84 Å². The fourth-order valence-corrected chi connectivity index (χ4v) is 5.98. The van der Waals surface area contributed by atoms with Gasteiger partial charge in [-0.15, -0.1) is 0 Å². The zero-order valence-electron chi connectivity index (χ0n) is 17.4. The maximum atomic E-state index is 15.2. The first-order valence-electron chi connectivity index (χ1n) is 9.90. The van der Waals surface area contributed by atoms with Crippen LogP contribution in [0.4, 0.5) is 4.39 Å². The van der Waals surface area contributed by atoms with Crippen molar-refractivity contribution in [1.29, 1.82) is 0 Å². The third-order valence-corrected chi connectivity index (χ3v) is 7.77. The highest BCUT2D eigenvalue weighted by molar-refractivity contribution is 14.1. The molecule has 0 aliphatic carbocycles. The van der Waals surface area contributed by atoms with Crippen LogP contribution in [0.15, 0.2) is 64.6 Å². The van der Waals surface area contributed by atoms with Gasteiger partial charge in [-0.25, -0.2) is 12.8 Å². The van der Waals surface area contributed by atoms with Crippen molar-refractivity contribution in [2.24, 2.45) is 0 Å². The van der Waals surface area contributed by atoms with Crippen LogP contribution in [-0.4, -0.2) is 30.4 Å². The Morgan fingerprint density at radius 2 is 1.78 bits per heavy atom. The highest BCUT2D eigenvalue weighted by Gasteiger charge is 2.32. The van der Waals surface area contributed by atoms with Crippen molar-refractivity contribution < 1.29 is 17.6 Å². The summed E-state index contributed by atoms with van der Waals surface area (Å²) in [7, 11) is -4.19. The highest BCUT2D eigenvalue weighted by atomic mass is 127. The van der Waals surface area contributed by atoms with Crippen molar-refractivity contribution in [3.63, 3.8) is 0 Å². The second-order valence-electron chi connectivity index (χ2n) is 7.62. The molecular formula is C23H21FIN3O3S. The summed E-state index contributed by atoms with van der Waals surface area (Å²) in [6, 6.07) is 11.8. The third kappa shape index (κ3) is 4.18. The van der Waals surface area contributed by atoms with Gasteiger partial charge in [-0.3, -0.25) is 4.79 Å². The van der Waals surface area contributed by atoms with Crippen LogP contribution in [0.1, 0.15) is 21.6 Å². The molecule has 6 nitrogen and oxygen atoms in total. The van der Waals surface area contributed by atoms with Crippen LogP contribution in [-0.2, 0) is 16.4 Å². The van der Waals surface area contributed by atoms with Crippen LogP contribution in [0.25, 0.3) is 10.9 Å². The largest absolute Gasteiger partial charge is 0.353 e. The third-order valence-electron chi connectivity index (χ3n) is 5.13. The molecule has 0 bridgehead atoms. The first-order chi connectivity index (χ1) is 15.2. The van der Waals surface area contributed by atoms with E-state index in [2.05, 4.69) is 10.3 Å². The number of fused-ring (bicyclic) bond motifs is 1. The monoisotopic (exact) mass is 565 g/mol. The van der Waals surface area contributed by atoms with Crippen molar-refractivity contribution in [2.45, 2.75) is 30.2 Å². The molecule has 0 radical (unpaired) electrons. The summed E-state index contributed by atoms with van der Waals surface area (Å²) < 4.78 is 44.7. The zero-order valence-corrected chi connectivity index (χ0v) is 20.4. The summed E-state index contributed by atoms with van der Waals surface area (Å²) in [6.07, 6.45) is 3.73. The Morgan fingerprint density at radius 3 is 2.44 bits per heavy atom. The molecule has 2 heterocycles. The number of nitrogens with zero attached hydrogens (tertiary/aromatic N) is 1. The molecule has 1 amide bonds.